The quantitative estimate of drug-likeness (QED) is 0.618. The second-order valence-corrected chi connectivity index (χ2v) is 3.75. The van der Waals surface area contributed by atoms with E-state index in [9.17, 15) is 9.59 Å². The molecule has 15 heavy (non-hydrogen) atoms. The summed E-state index contributed by atoms with van der Waals surface area (Å²) < 4.78 is 0. The van der Waals surface area contributed by atoms with Gasteiger partial charge in [-0.2, -0.15) is 0 Å². The van der Waals surface area contributed by atoms with Crippen LogP contribution >= 0.6 is 0 Å². The SMILES string of the molecule is CCC1CCCN1C(=O)C(=O)NCCN. The first-order valence-corrected chi connectivity index (χ1v) is 5.49. The topological polar surface area (TPSA) is 75.4 Å². The van der Waals surface area contributed by atoms with Gasteiger partial charge in [-0.1, -0.05) is 6.92 Å². The summed E-state index contributed by atoms with van der Waals surface area (Å²) in [5.74, 6) is -0.936. The third-order valence-corrected chi connectivity index (χ3v) is 2.73. The summed E-state index contributed by atoms with van der Waals surface area (Å²) in [6, 6.07) is 0.237. The number of carbonyl (C=O) groups excluding carboxylic acids is 2. The highest BCUT2D eigenvalue weighted by Crippen LogP contribution is 2.19. The lowest BCUT2D eigenvalue weighted by Gasteiger charge is -2.22. The van der Waals surface area contributed by atoms with Gasteiger partial charge >= 0.3 is 11.8 Å². The number of nitrogens with zero attached hydrogens (tertiary/aromatic N) is 1. The third kappa shape index (κ3) is 2.92. The molecular weight excluding hydrogens is 194 g/mol. The Labute approximate surface area is 90.0 Å². The number of carbonyl (C=O) groups is 2. The van der Waals surface area contributed by atoms with Gasteiger partial charge in [0.1, 0.15) is 0 Å². The molecule has 1 aliphatic heterocycles. The van der Waals surface area contributed by atoms with Crippen molar-refractivity contribution in [2.24, 2.45) is 5.73 Å². The first kappa shape index (κ1) is 12.0. The molecule has 86 valence electrons. The van der Waals surface area contributed by atoms with E-state index < -0.39 is 11.8 Å². The zero-order chi connectivity index (χ0) is 11.3. The van der Waals surface area contributed by atoms with Crippen molar-refractivity contribution in [1.29, 1.82) is 0 Å². The van der Waals surface area contributed by atoms with E-state index in [1.165, 1.54) is 0 Å². The highest BCUT2D eigenvalue weighted by molar-refractivity contribution is 6.35. The van der Waals surface area contributed by atoms with Gasteiger partial charge in [-0.3, -0.25) is 9.59 Å². The molecule has 1 heterocycles. The summed E-state index contributed by atoms with van der Waals surface area (Å²) in [5.41, 5.74) is 5.24. The van der Waals surface area contributed by atoms with E-state index >= 15 is 0 Å². The Balaban J connectivity index is 2.48. The average molecular weight is 213 g/mol. The fourth-order valence-corrected chi connectivity index (χ4v) is 1.92. The first-order chi connectivity index (χ1) is 7.20. The number of hydrogen-bond acceptors (Lipinski definition) is 3. The molecule has 1 atom stereocenters. The molecule has 1 saturated heterocycles. The molecule has 5 nitrogen and oxygen atoms in total. The lowest BCUT2D eigenvalue weighted by Crippen LogP contribution is -2.46. The molecule has 0 bridgehead atoms. The van der Waals surface area contributed by atoms with Gasteiger partial charge in [-0.05, 0) is 19.3 Å². The molecule has 0 radical (unpaired) electrons. The van der Waals surface area contributed by atoms with Crippen LogP contribution in [0.3, 0.4) is 0 Å². The van der Waals surface area contributed by atoms with E-state index in [-0.39, 0.29) is 6.04 Å². The largest absolute Gasteiger partial charge is 0.347 e. The molecule has 0 spiro atoms. The van der Waals surface area contributed by atoms with Crippen molar-refractivity contribution in [3.8, 4) is 0 Å². The zero-order valence-electron chi connectivity index (χ0n) is 9.16. The number of amides is 2. The van der Waals surface area contributed by atoms with E-state index in [4.69, 9.17) is 5.73 Å². The standard InChI is InChI=1S/C10H19N3O2/c1-2-8-4-3-7-13(8)10(15)9(14)12-6-5-11/h8H,2-7,11H2,1H3,(H,12,14). The third-order valence-electron chi connectivity index (χ3n) is 2.73. The summed E-state index contributed by atoms with van der Waals surface area (Å²) in [7, 11) is 0. The maximum atomic E-state index is 11.7. The normalized spacial score (nSPS) is 20.4. The predicted molar refractivity (Wildman–Crippen MR) is 57.1 cm³/mol. The van der Waals surface area contributed by atoms with Gasteiger partial charge in [-0.15, -0.1) is 0 Å². The fraction of sp³-hybridized carbons (Fsp3) is 0.800. The molecule has 1 rings (SSSR count). The van der Waals surface area contributed by atoms with Crippen LogP contribution < -0.4 is 11.1 Å². The van der Waals surface area contributed by atoms with E-state index in [2.05, 4.69) is 5.32 Å². The van der Waals surface area contributed by atoms with Crippen LogP contribution in [-0.2, 0) is 9.59 Å². The lowest BCUT2D eigenvalue weighted by molar-refractivity contribution is -0.146. The number of nitrogens with one attached hydrogen (secondary N) is 1. The highest BCUT2D eigenvalue weighted by atomic mass is 16.2. The number of hydrogen-bond donors (Lipinski definition) is 2. The summed E-state index contributed by atoms with van der Waals surface area (Å²) >= 11 is 0. The smallest absolute Gasteiger partial charge is 0.312 e. The van der Waals surface area contributed by atoms with Crippen molar-refractivity contribution in [2.75, 3.05) is 19.6 Å². The molecule has 2 amide bonds. The summed E-state index contributed by atoms with van der Waals surface area (Å²) in [5, 5.41) is 2.50. The van der Waals surface area contributed by atoms with Gasteiger partial charge in [0.25, 0.3) is 0 Å². The van der Waals surface area contributed by atoms with Gasteiger partial charge in [0.15, 0.2) is 0 Å². The van der Waals surface area contributed by atoms with Gasteiger partial charge in [0, 0.05) is 25.7 Å². The number of nitrogens with two attached hydrogens (primary N) is 1. The van der Waals surface area contributed by atoms with Crippen LogP contribution in [0.5, 0.6) is 0 Å². The predicted octanol–water partition coefficient (Wildman–Crippen LogP) is -0.538. The molecule has 0 aromatic heterocycles. The Bertz CT molecular complexity index is 243. The van der Waals surface area contributed by atoms with Crippen LogP contribution in [-0.4, -0.2) is 42.4 Å². The van der Waals surface area contributed by atoms with Gasteiger partial charge in [0.05, 0.1) is 0 Å². The highest BCUT2D eigenvalue weighted by Gasteiger charge is 2.30. The Morgan fingerprint density at radius 3 is 2.87 bits per heavy atom. The summed E-state index contributed by atoms with van der Waals surface area (Å²) in [4.78, 5) is 24.8. The van der Waals surface area contributed by atoms with Crippen LogP contribution in [0.25, 0.3) is 0 Å². The maximum Gasteiger partial charge on any atom is 0.312 e. The fourth-order valence-electron chi connectivity index (χ4n) is 1.92. The molecular formula is C10H19N3O2. The second-order valence-electron chi connectivity index (χ2n) is 3.75. The second kappa shape index (κ2) is 5.70. The van der Waals surface area contributed by atoms with Crippen molar-refractivity contribution in [3.63, 3.8) is 0 Å². The first-order valence-electron chi connectivity index (χ1n) is 5.49. The molecule has 1 fully saturated rings. The van der Waals surface area contributed by atoms with Gasteiger partial charge < -0.3 is 16.0 Å². The van der Waals surface area contributed by atoms with Crippen molar-refractivity contribution in [3.05, 3.63) is 0 Å². The molecule has 0 aromatic carbocycles. The van der Waals surface area contributed by atoms with Gasteiger partial charge in [0.2, 0.25) is 0 Å². The molecule has 0 aromatic rings. The average Bonchev–Trinajstić information content (AvgIpc) is 2.72. The number of likely N-dealkylation sites (tertiary alicyclic amines) is 1. The Morgan fingerprint density at radius 1 is 1.53 bits per heavy atom. The summed E-state index contributed by atoms with van der Waals surface area (Å²) in [6.07, 6.45) is 2.91. The van der Waals surface area contributed by atoms with Crippen molar-refractivity contribution in [1.82, 2.24) is 10.2 Å². The zero-order valence-corrected chi connectivity index (χ0v) is 9.16. The molecule has 1 unspecified atom stereocenters. The van der Waals surface area contributed by atoms with Crippen molar-refractivity contribution >= 4 is 11.8 Å². The molecule has 3 N–H and O–H groups in total. The lowest BCUT2D eigenvalue weighted by atomic mass is 10.2. The van der Waals surface area contributed by atoms with Crippen LogP contribution in [0.15, 0.2) is 0 Å². The van der Waals surface area contributed by atoms with Crippen LogP contribution in [0.1, 0.15) is 26.2 Å². The van der Waals surface area contributed by atoms with Crippen molar-refractivity contribution < 1.29 is 9.59 Å². The van der Waals surface area contributed by atoms with Crippen LogP contribution in [0.2, 0.25) is 0 Å². The Morgan fingerprint density at radius 2 is 2.27 bits per heavy atom. The van der Waals surface area contributed by atoms with Crippen LogP contribution in [0.4, 0.5) is 0 Å². The van der Waals surface area contributed by atoms with Gasteiger partial charge in [-0.25, -0.2) is 0 Å². The Kier molecular flexibility index (Phi) is 4.55. The maximum absolute atomic E-state index is 11.7. The van der Waals surface area contributed by atoms with E-state index in [1.807, 2.05) is 6.92 Å². The number of rotatable bonds is 3. The minimum atomic E-state index is -0.527. The van der Waals surface area contributed by atoms with E-state index in [0.29, 0.717) is 19.6 Å². The molecule has 5 heteroatoms. The van der Waals surface area contributed by atoms with E-state index in [1.54, 1.807) is 4.90 Å². The monoisotopic (exact) mass is 213 g/mol. The summed E-state index contributed by atoms with van der Waals surface area (Å²) in [6.45, 7) is 3.45. The molecule has 0 aliphatic carbocycles. The van der Waals surface area contributed by atoms with Crippen molar-refractivity contribution in [2.45, 2.75) is 32.2 Å². The Hall–Kier alpha value is -1.10. The van der Waals surface area contributed by atoms with E-state index in [0.717, 1.165) is 19.3 Å². The molecule has 0 saturated carbocycles. The van der Waals surface area contributed by atoms with Crippen LogP contribution in [0, 0.1) is 0 Å². The molecule has 1 aliphatic rings. The minimum absolute atomic E-state index is 0.237. The minimum Gasteiger partial charge on any atom is -0.347 e.